The predicted molar refractivity (Wildman–Crippen MR) is 101 cm³/mol. The molecule has 1 fully saturated rings. The van der Waals surface area contributed by atoms with E-state index in [0.29, 0.717) is 11.4 Å². The van der Waals surface area contributed by atoms with Crippen molar-refractivity contribution >= 4 is 33.1 Å². The van der Waals surface area contributed by atoms with Crippen LogP contribution in [0.15, 0.2) is 51.7 Å². The number of carbonyl (C=O) groups is 1. The topological polar surface area (TPSA) is 78.8 Å². The van der Waals surface area contributed by atoms with Gasteiger partial charge in [-0.05, 0) is 36.4 Å². The van der Waals surface area contributed by atoms with Crippen LogP contribution < -0.4 is 4.72 Å². The molecule has 0 saturated carbocycles. The van der Waals surface area contributed by atoms with E-state index in [1.165, 1.54) is 4.88 Å². The fourth-order valence-electron chi connectivity index (χ4n) is 3.50. The van der Waals surface area contributed by atoms with Gasteiger partial charge in [0.15, 0.2) is 0 Å². The minimum atomic E-state index is -3.53. The number of hydrogen-bond acceptors (Lipinski definition) is 5. The van der Waals surface area contributed by atoms with E-state index in [4.69, 9.17) is 0 Å². The highest BCUT2D eigenvalue weighted by atomic mass is 32.2. The molecule has 1 amide bonds. The summed E-state index contributed by atoms with van der Waals surface area (Å²) in [6.45, 7) is 1.03. The van der Waals surface area contributed by atoms with Crippen molar-refractivity contribution in [1.29, 1.82) is 0 Å². The second kappa shape index (κ2) is 6.85. The molecule has 1 atom stereocenters. The van der Waals surface area contributed by atoms with E-state index >= 15 is 0 Å². The minimum Gasteiger partial charge on any atom is -0.335 e. The van der Waals surface area contributed by atoms with E-state index in [1.807, 2.05) is 16.3 Å². The molecule has 8 heteroatoms. The van der Waals surface area contributed by atoms with Crippen LogP contribution in [0.2, 0.25) is 0 Å². The molecule has 1 aromatic heterocycles. The Labute approximate surface area is 156 Å². The number of thiophene rings is 1. The summed E-state index contributed by atoms with van der Waals surface area (Å²) in [4.78, 5) is 20.4. The molecule has 2 aliphatic rings. The van der Waals surface area contributed by atoms with Crippen molar-refractivity contribution in [2.24, 2.45) is 4.99 Å². The Morgan fingerprint density at radius 2 is 2.12 bits per heavy atom. The SMILES string of the molecule is O=C(CCN=C1NS(=O)(=O)c2ccccc21)N1CCCC1c1cccs1. The minimum absolute atomic E-state index is 0.0689. The molecular weight excluding hydrogens is 370 g/mol. The maximum absolute atomic E-state index is 12.6. The first-order chi connectivity index (χ1) is 12.6. The predicted octanol–water partition coefficient (Wildman–Crippen LogP) is 2.54. The molecule has 4 rings (SSSR count). The summed E-state index contributed by atoms with van der Waals surface area (Å²) in [5.41, 5.74) is 0.567. The van der Waals surface area contributed by atoms with Crippen LogP contribution in [-0.4, -0.2) is 38.2 Å². The van der Waals surface area contributed by atoms with Crippen LogP contribution in [0.25, 0.3) is 0 Å². The molecule has 1 unspecified atom stereocenters. The maximum atomic E-state index is 12.6. The Morgan fingerprint density at radius 1 is 1.27 bits per heavy atom. The van der Waals surface area contributed by atoms with Gasteiger partial charge in [-0.15, -0.1) is 11.3 Å². The smallest absolute Gasteiger partial charge is 0.263 e. The number of aliphatic imine (C=N–C) groups is 1. The summed E-state index contributed by atoms with van der Waals surface area (Å²) in [6, 6.07) is 11.0. The van der Waals surface area contributed by atoms with E-state index in [2.05, 4.69) is 15.8 Å². The van der Waals surface area contributed by atoms with Crippen LogP contribution in [0.5, 0.6) is 0 Å². The zero-order valence-electron chi connectivity index (χ0n) is 14.1. The number of amidine groups is 1. The van der Waals surface area contributed by atoms with Crippen LogP contribution in [-0.2, 0) is 14.8 Å². The maximum Gasteiger partial charge on any atom is 0.263 e. The summed E-state index contributed by atoms with van der Waals surface area (Å²) < 4.78 is 26.6. The fraction of sp³-hybridized carbons (Fsp3) is 0.333. The highest BCUT2D eigenvalue weighted by molar-refractivity contribution is 7.90. The molecule has 0 aliphatic carbocycles. The normalized spacial score (nSPS) is 22.4. The van der Waals surface area contributed by atoms with Gasteiger partial charge in [0.2, 0.25) is 5.91 Å². The Kier molecular flexibility index (Phi) is 4.54. The number of fused-ring (bicyclic) bond motifs is 1. The Bertz CT molecular complexity index is 952. The first-order valence-electron chi connectivity index (χ1n) is 8.56. The van der Waals surface area contributed by atoms with Crippen molar-refractivity contribution in [3.8, 4) is 0 Å². The van der Waals surface area contributed by atoms with Gasteiger partial charge in [-0.1, -0.05) is 18.2 Å². The van der Waals surface area contributed by atoms with Gasteiger partial charge in [0.1, 0.15) is 5.84 Å². The lowest BCUT2D eigenvalue weighted by Crippen LogP contribution is -2.30. The van der Waals surface area contributed by atoms with E-state index < -0.39 is 10.0 Å². The van der Waals surface area contributed by atoms with Crippen LogP contribution in [0.4, 0.5) is 0 Å². The Hall–Kier alpha value is -2.19. The number of amides is 1. The molecule has 1 saturated heterocycles. The summed E-state index contributed by atoms with van der Waals surface area (Å²) in [7, 11) is -3.53. The first kappa shape index (κ1) is 17.2. The number of sulfonamides is 1. The van der Waals surface area contributed by atoms with E-state index in [1.54, 1.807) is 35.6 Å². The number of nitrogens with one attached hydrogen (secondary N) is 1. The van der Waals surface area contributed by atoms with Crippen molar-refractivity contribution in [2.45, 2.75) is 30.2 Å². The third-order valence-electron chi connectivity index (χ3n) is 4.70. The second-order valence-corrected chi connectivity index (χ2v) is 8.97. The molecule has 1 N–H and O–H groups in total. The third-order valence-corrected chi connectivity index (χ3v) is 7.07. The standard InChI is InChI=1S/C18H19N3O3S2/c22-17(21-11-3-6-14(21)15-7-4-12-25-15)9-10-19-18-13-5-1-2-8-16(13)26(23,24)20-18/h1-2,4-5,7-8,12,14H,3,6,9-11H2,(H,19,20). The molecular formula is C18H19N3O3S2. The molecule has 2 aromatic rings. The summed E-state index contributed by atoms with van der Waals surface area (Å²) >= 11 is 1.68. The lowest BCUT2D eigenvalue weighted by Gasteiger charge is -2.23. The fourth-order valence-corrected chi connectivity index (χ4v) is 5.62. The van der Waals surface area contributed by atoms with Gasteiger partial charge in [-0.25, -0.2) is 8.42 Å². The van der Waals surface area contributed by atoms with Crippen LogP contribution in [0, 0.1) is 0 Å². The van der Waals surface area contributed by atoms with E-state index in [9.17, 15) is 13.2 Å². The molecule has 3 heterocycles. The molecule has 1 aromatic carbocycles. The van der Waals surface area contributed by atoms with Crippen molar-refractivity contribution in [1.82, 2.24) is 9.62 Å². The average molecular weight is 390 g/mol. The number of likely N-dealkylation sites (tertiary alicyclic amines) is 1. The van der Waals surface area contributed by atoms with Crippen molar-refractivity contribution in [3.05, 3.63) is 52.2 Å². The van der Waals surface area contributed by atoms with Crippen molar-refractivity contribution < 1.29 is 13.2 Å². The third kappa shape index (κ3) is 3.14. The molecule has 0 radical (unpaired) electrons. The number of hydrogen-bond donors (Lipinski definition) is 1. The number of nitrogens with zero attached hydrogens (tertiary/aromatic N) is 2. The van der Waals surface area contributed by atoms with Gasteiger partial charge in [0, 0.05) is 23.4 Å². The summed E-state index contributed by atoms with van der Waals surface area (Å²) in [5.74, 6) is 0.393. The zero-order chi connectivity index (χ0) is 18.1. The van der Waals surface area contributed by atoms with Crippen LogP contribution >= 0.6 is 11.3 Å². The van der Waals surface area contributed by atoms with Gasteiger partial charge < -0.3 is 4.90 Å². The van der Waals surface area contributed by atoms with Gasteiger partial charge in [0.05, 0.1) is 17.5 Å². The Morgan fingerprint density at radius 3 is 2.92 bits per heavy atom. The largest absolute Gasteiger partial charge is 0.335 e. The highest BCUT2D eigenvalue weighted by Gasteiger charge is 2.31. The van der Waals surface area contributed by atoms with Crippen molar-refractivity contribution in [3.63, 3.8) is 0 Å². The van der Waals surface area contributed by atoms with Crippen LogP contribution in [0.3, 0.4) is 0 Å². The molecule has 2 aliphatic heterocycles. The van der Waals surface area contributed by atoms with E-state index in [0.717, 1.165) is 19.4 Å². The Balaban J connectivity index is 1.44. The molecule has 136 valence electrons. The van der Waals surface area contributed by atoms with Crippen molar-refractivity contribution in [2.75, 3.05) is 13.1 Å². The second-order valence-electron chi connectivity index (χ2n) is 6.34. The molecule has 26 heavy (non-hydrogen) atoms. The van der Waals surface area contributed by atoms with Gasteiger partial charge in [0.25, 0.3) is 10.0 Å². The molecule has 6 nitrogen and oxygen atoms in total. The average Bonchev–Trinajstić information content (AvgIpc) is 3.34. The highest BCUT2D eigenvalue weighted by Crippen LogP contribution is 2.34. The van der Waals surface area contributed by atoms with Crippen LogP contribution in [0.1, 0.15) is 35.7 Å². The lowest BCUT2D eigenvalue weighted by molar-refractivity contribution is -0.131. The summed E-state index contributed by atoms with van der Waals surface area (Å²) in [5, 5.41) is 2.03. The van der Waals surface area contributed by atoms with E-state index in [-0.39, 0.29) is 29.8 Å². The van der Waals surface area contributed by atoms with Gasteiger partial charge in [-0.2, -0.15) is 0 Å². The first-order valence-corrected chi connectivity index (χ1v) is 10.9. The molecule has 0 bridgehead atoms. The molecule has 0 spiro atoms. The summed E-state index contributed by atoms with van der Waals surface area (Å²) in [6.07, 6.45) is 2.28. The van der Waals surface area contributed by atoms with Gasteiger partial charge in [-0.3, -0.25) is 14.5 Å². The van der Waals surface area contributed by atoms with Gasteiger partial charge >= 0.3 is 0 Å². The number of benzene rings is 1. The zero-order valence-corrected chi connectivity index (χ0v) is 15.7. The number of carbonyl (C=O) groups excluding carboxylic acids is 1. The lowest BCUT2D eigenvalue weighted by atomic mass is 10.2. The quantitative estimate of drug-likeness (QED) is 0.873. The monoisotopic (exact) mass is 389 g/mol. The number of rotatable bonds is 4.